The number of hydrogen-bond acceptors (Lipinski definition) is 5. The Hall–Kier alpha value is -1.75. The van der Waals surface area contributed by atoms with Crippen LogP contribution in [-0.4, -0.2) is 32.3 Å². The Morgan fingerprint density at radius 3 is 2.63 bits per heavy atom. The molecule has 0 saturated carbocycles. The number of aromatic nitrogens is 1. The number of hydrogen-bond donors (Lipinski definition) is 0. The van der Waals surface area contributed by atoms with Crippen LogP contribution < -0.4 is 14.4 Å². The fourth-order valence-corrected chi connectivity index (χ4v) is 3.33. The number of benzene rings is 1. The summed E-state index contributed by atoms with van der Waals surface area (Å²) in [4.78, 5) is 7.00. The van der Waals surface area contributed by atoms with Crippen molar-refractivity contribution in [1.82, 2.24) is 4.98 Å². The minimum Gasteiger partial charge on any atom is -0.495 e. The van der Waals surface area contributed by atoms with Gasteiger partial charge < -0.3 is 14.4 Å². The monoisotopic (exact) mass is 276 g/mol. The third kappa shape index (κ3) is 2.14. The summed E-state index contributed by atoms with van der Waals surface area (Å²) in [7, 11) is 3.36. The molecule has 0 amide bonds. The molecule has 0 fully saturated rings. The van der Waals surface area contributed by atoms with Crippen molar-refractivity contribution in [3.05, 3.63) is 24.3 Å². The van der Waals surface area contributed by atoms with Gasteiger partial charge in [-0.3, -0.25) is 0 Å². The van der Waals surface area contributed by atoms with Gasteiger partial charge >= 0.3 is 0 Å². The van der Waals surface area contributed by atoms with Crippen LogP contribution in [0.2, 0.25) is 0 Å². The number of anilines is 1. The van der Waals surface area contributed by atoms with Crippen LogP contribution in [0, 0.1) is 0 Å². The maximum atomic E-state index is 5.41. The summed E-state index contributed by atoms with van der Waals surface area (Å²) in [6, 6.07) is 3.83. The molecule has 0 spiro atoms. The minimum atomic E-state index is 0.797. The van der Waals surface area contributed by atoms with Crippen molar-refractivity contribution in [3.63, 3.8) is 0 Å². The molecule has 1 aliphatic rings. The highest BCUT2D eigenvalue weighted by Crippen LogP contribution is 2.40. The van der Waals surface area contributed by atoms with E-state index in [4.69, 9.17) is 14.5 Å². The molecule has 0 bridgehead atoms. The van der Waals surface area contributed by atoms with Gasteiger partial charge in [-0.1, -0.05) is 23.5 Å². The number of rotatable bonds is 3. The molecule has 3 rings (SSSR count). The molecule has 0 saturated heterocycles. The van der Waals surface area contributed by atoms with Gasteiger partial charge in [-0.25, -0.2) is 4.98 Å². The summed E-state index contributed by atoms with van der Waals surface area (Å²) in [6.45, 7) is 1.94. The summed E-state index contributed by atoms with van der Waals surface area (Å²) in [5.74, 6) is 1.65. The SMILES string of the molecule is COc1ccc(OC)c2sc(N3CC=CCC3)nc12. The van der Waals surface area contributed by atoms with Crippen molar-refractivity contribution >= 4 is 26.7 Å². The topological polar surface area (TPSA) is 34.6 Å². The molecular weight excluding hydrogens is 260 g/mol. The molecule has 19 heavy (non-hydrogen) atoms. The van der Waals surface area contributed by atoms with Gasteiger partial charge in [0.05, 0.1) is 14.2 Å². The van der Waals surface area contributed by atoms with Gasteiger partial charge in [-0.15, -0.1) is 0 Å². The van der Waals surface area contributed by atoms with Crippen LogP contribution in [0.15, 0.2) is 24.3 Å². The number of methoxy groups -OCH3 is 2. The first-order valence-electron chi connectivity index (χ1n) is 6.25. The summed E-state index contributed by atoms with van der Waals surface area (Å²) in [6.07, 6.45) is 5.47. The normalized spacial score (nSPS) is 14.9. The maximum absolute atomic E-state index is 5.41. The van der Waals surface area contributed by atoms with Gasteiger partial charge in [0, 0.05) is 13.1 Å². The number of thiazole rings is 1. The highest BCUT2D eigenvalue weighted by Gasteiger charge is 2.17. The molecule has 0 unspecified atom stereocenters. The first-order chi connectivity index (χ1) is 9.33. The van der Waals surface area contributed by atoms with Crippen molar-refractivity contribution in [1.29, 1.82) is 0 Å². The number of nitrogens with zero attached hydrogens (tertiary/aromatic N) is 2. The third-order valence-electron chi connectivity index (χ3n) is 3.23. The highest BCUT2D eigenvalue weighted by molar-refractivity contribution is 7.22. The molecule has 0 N–H and O–H groups in total. The first-order valence-corrected chi connectivity index (χ1v) is 7.06. The second-order valence-electron chi connectivity index (χ2n) is 4.35. The van der Waals surface area contributed by atoms with E-state index in [0.717, 1.165) is 46.4 Å². The molecule has 1 aromatic heterocycles. The fraction of sp³-hybridized carbons (Fsp3) is 0.357. The van der Waals surface area contributed by atoms with E-state index < -0.39 is 0 Å². The second kappa shape index (κ2) is 5.09. The Bertz CT molecular complexity index is 580. The predicted molar refractivity (Wildman–Crippen MR) is 78.7 cm³/mol. The van der Waals surface area contributed by atoms with E-state index in [0.29, 0.717) is 0 Å². The Morgan fingerprint density at radius 1 is 1.16 bits per heavy atom. The Balaban J connectivity index is 2.10. The Morgan fingerprint density at radius 2 is 1.95 bits per heavy atom. The lowest BCUT2D eigenvalue weighted by molar-refractivity contribution is 0.410. The van der Waals surface area contributed by atoms with Crippen molar-refractivity contribution in [3.8, 4) is 11.5 Å². The molecular formula is C14H16N2O2S. The number of fused-ring (bicyclic) bond motifs is 1. The van der Waals surface area contributed by atoms with Gasteiger partial charge in [0.2, 0.25) is 0 Å². The van der Waals surface area contributed by atoms with E-state index in [2.05, 4.69) is 17.1 Å². The summed E-state index contributed by atoms with van der Waals surface area (Å²) in [5, 5.41) is 1.03. The smallest absolute Gasteiger partial charge is 0.186 e. The van der Waals surface area contributed by atoms with Crippen molar-refractivity contribution in [2.24, 2.45) is 0 Å². The zero-order valence-corrected chi connectivity index (χ0v) is 11.9. The van der Waals surface area contributed by atoms with E-state index in [9.17, 15) is 0 Å². The number of ether oxygens (including phenoxy) is 2. The average molecular weight is 276 g/mol. The molecule has 2 heterocycles. The zero-order chi connectivity index (χ0) is 13.2. The van der Waals surface area contributed by atoms with Crippen LogP contribution >= 0.6 is 11.3 Å². The quantitative estimate of drug-likeness (QED) is 0.807. The van der Waals surface area contributed by atoms with Crippen LogP contribution in [0.4, 0.5) is 5.13 Å². The minimum absolute atomic E-state index is 0.797. The van der Waals surface area contributed by atoms with Gasteiger partial charge in [-0.2, -0.15) is 0 Å². The lowest BCUT2D eigenvalue weighted by Gasteiger charge is -2.21. The van der Waals surface area contributed by atoms with Crippen molar-refractivity contribution in [2.45, 2.75) is 6.42 Å². The predicted octanol–water partition coefficient (Wildman–Crippen LogP) is 3.08. The fourth-order valence-electron chi connectivity index (χ4n) is 2.22. The van der Waals surface area contributed by atoms with Crippen molar-refractivity contribution < 1.29 is 9.47 Å². The van der Waals surface area contributed by atoms with Crippen LogP contribution in [-0.2, 0) is 0 Å². The van der Waals surface area contributed by atoms with Gasteiger partial charge in [0.1, 0.15) is 21.7 Å². The lowest BCUT2D eigenvalue weighted by atomic mass is 10.3. The van der Waals surface area contributed by atoms with E-state index in [1.807, 2.05) is 12.1 Å². The van der Waals surface area contributed by atoms with E-state index >= 15 is 0 Å². The summed E-state index contributed by atoms with van der Waals surface area (Å²) in [5.41, 5.74) is 0.886. The summed E-state index contributed by atoms with van der Waals surface area (Å²) >= 11 is 1.66. The first kappa shape index (κ1) is 12.3. The van der Waals surface area contributed by atoms with Gasteiger partial charge in [0.15, 0.2) is 5.13 Å². The van der Waals surface area contributed by atoms with Crippen LogP contribution in [0.5, 0.6) is 11.5 Å². The molecule has 0 atom stereocenters. The third-order valence-corrected chi connectivity index (χ3v) is 4.36. The van der Waals surface area contributed by atoms with Gasteiger partial charge in [0.25, 0.3) is 0 Å². The zero-order valence-electron chi connectivity index (χ0n) is 11.0. The average Bonchev–Trinajstić information content (AvgIpc) is 2.92. The second-order valence-corrected chi connectivity index (χ2v) is 5.33. The maximum Gasteiger partial charge on any atom is 0.186 e. The molecule has 4 nitrogen and oxygen atoms in total. The molecule has 1 aliphatic heterocycles. The molecule has 0 aliphatic carbocycles. The van der Waals surface area contributed by atoms with Gasteiger partial charge in [-0.05, 0) is 18.6 Å². The molecule has 0 radical (unpaired) electrons. The van der Waals surface area contributed by atoms with E-state index in [1.165, 1.54) is 0 Å². The lowest BCUT2D eigenvalue weighted by Crippen LogP contribution is -2.26. The Labute approximate surface area is 116 Å². The highest BCUT2D eigenvalue weighted by atomic mass is 32.1. The largest absolute Gasteiger partial charge is 0.495 e. The van der Waals surface area contributed by atoms with E-state index in [-0.39, 0.29) is 0 Å². The molecule has 5 heteroatoms. The standard InChI is InChI=1S/C14H16N2O2S/c1-17-10-6-7-11(18-2)13-12(10)15-14(19-13)16-8-4-3-5-9-16/h3-4,6-7H,5,8-9H2,1-2H3. The molecule has 1 aromatic carbocycles. The van der Waals surface area contributed by atoms with Crippen molar-refractivity contribution in [2.75, 3.05) is 32.2 Å². The van der Waals surface area contributed by atoms with Crippen LogP contribution in [0.1, 0.15) is 6.42 Å². The molecule has 100 valence electrons. The molecule has 2 aromatic rings. The van der Waals surface area contributed by atoms with Crippen LogP contribution in [0.25, 0.3) is 10.2 Å². The van der Waals surface area contributed by atoms with Crippen LogP contribution in [0.3, 0.4) is 0 Å². The summed E-state index contributed by atoms with van der Waals surface area (Å²) < 4.78 is 11.8. The van der Waals surface area contributed by atoms with E-state index in [1.54, 1.807) is 25.6 Å². The Kier molecular flexibility index (Phi) is 3.29.